The lowest BCUT2D eigenvalue weighted by molar-refractivity contribution is 0.392. The second-order valence-electron chi connectivity index (χ2n) is 7.09. The molecular formula is C22H28FIN4O. The fourth-order valence-corrected chi connectivity index (χ4v) is 3.16. The van der Waals surface area contributed by atoms with Gasteiger partial charge in [-0.3, -0.25) is 4.99 Å². The highest BCUT2D eigenvalue weighted by Gasteiger charge is 2.10. The van der Waals surface area contributed by atoms with E-state index in [1.54, 1.807) is 13.1 Å². The molecule has 29 heavy (non-hydrogen) atoms. The highest BCUT2D eigenvalue weighted by molar-refractivity contribution is 14.0. The molecule has 1 heterocycles. The van der Waals surface area contributed by atoms with Crippen LogP contribution in [0.2, 0.25) is 0 Å². The molecule has 0 amide bonds. The Kier molecular flexibility index (Phi) is 8.45. The molecule has 0 bridgehead atoms. The number of aliphatic imine (C=N–C) groups is 1. The molecule has 2 aromatic carbocycles. The summed E-state index contributed by atoms with van der Waals surface area (Å²) in [6.45, 7) is 3.72. The summed E-state index contributed by atoms with van der Waals surface area (Å²) < 4.78 is 19.9. The van der Waals surface area contributed by atoms with Gasteiger partial charge in [-0.25, -0.2) is 4.39 Å². The van der Waals surface area contributed by atoms with Crippen LogP contribution >= 0.6 is 24.0 Å². The van der Waals surface area contributed by atoms with Crippen molar-refractivity contribution in [2.24, 2.45) is 4.99 Å². The molecule has 0 fully saturated rings. The van der Waals surface area contributed by atoms with Crippen LogP contribution < -0.4 is 10.6 Å². The summed E-state index contributed by atoms with van der Waals surface area (Å²) in [5.41, 5.74) is 3.70. The smallest absolute Gasteiger partial charge is 0.191 e. The third-order valence-corrected chi connectivity index (χ3v) is 4.64. The van der Waals surface area contributed by atoms with Gasteiger partial charge in [0.05, 0.1) is 6.54 Å². The topological polar surface area (TPSA) is 52.8 Å². The first-order chi connectivity index (χ1) is 13.5. The number of para-hydroxylation sites is 1. The molecule has 0 atom stereocenters. The molecule has 0 saturated heterocycles. The number of nitrogens with one attached hydrogen (secondary N) is 2. The molecule has 0 spiro atoms. The van der Waals surface area contributed by atoms with E-state index in [4.69, 9.17) is 4.42 Å². The normalized spacial score (nSPS) is 11.6. The summed E-state index contributed by atoms with van der Waals surface area (Å²) in [6, 6.07) is 13.2. The fourth-order valence-electron chi connectivity index (χ4n) is 3.16. The Morgan fingerprint density at radius 2 is 1.83 bits per heavy atom. The van der Waals surface area contributed by atoms with Crippen molar-refractivity contribution in [1.82, 2.24) is 15.5 Å². The Labute approximate surface area is 188 Å². The predicted molar refractivity (Wildman–Crippen MR) is 127 cm³/mol. The Hall–Kier alpha value is -2.13. The van der Waals surface area contributed by atoms with Crippen LogP contribution in [0.4, 0.5) is 4.39 Å². The van der Waals surface area contributed by atoms with E-state index >= 15 is 0 Å². The molecule has 3 rings (SSSR count). The molecule has 3 aromatic rings. The minimum Gasteiger partial charge on any atom is -0.459 e. The quantitative estimate of drug-likeness (QED) is 0.293. The Bertz CT molecular complexity index is 984. The molecule has 0 radical (unpaired) electrons. The number of fused-ring (bicyclic) bond motifs is 1. The van der Waals surface area contributed by atoms with Crippen molar-refractivity contribution in [2.45, 2.75) is 26.6 Å². The molecule has 0 saturated carbocycles. The number of halogens is 2. The maximum atomic E-state index is 13.9. The number of hydrogen-bond donors (Lipinski definition) is 2. The van der Waals surface area contributed by atoms with Gasteiger partial charge >= 0.3 is 0 Å². The molecule has 0 aliphatic heterocycles. The average Bonchev–Trinajstić information content (AvgIpc) is 3.00. The van der Waals surface area contributed by atoms with Gasteiger partial charge in [-0.15, -0.1) is 24.0 Å². The van der Waals surface area contributed by atoms with Crippen LogP contribution in [0.5, 0.6) is 0 Å². The van der Waals surface area contributed by atoms with E-state index in [-0.39, 0.29) is 29.8 Å². The van der Waals surface area contributed by atoms with E-state index in [0.717, 1.165) is 27.9 Å². The van der Waals surface area contributed by atoms with Gasteiger partial charge in [0, 0.05) is 36.7 Å². The van der Waals surface area contributed by atoms with Crippen molar-refractivity contribution >= 4 is 40.9 Å². The van der Waals surface area contributed by atoms with Gasteiger partial charge in [-0.05, 0) is 44.8 Å². The predicted octanol–water partition coefficient (Wildman–Crippen LogP) is 4.43. The van der Waals surface area contributed by atoms with E-state index in [2.05, 4.69) is 28.6 Å². The van der Waals surface area contributed by atoms with Gasteiger partial charge in [0.15, 0.2) is 5.96 Å². The Balaban J connectivity index is 0.00000300. The average molecular weight is 510 g/mol. The van der Waals surface area contributed by atoms with E-state index < -0.39 is 0 Å². The summed E-state index contributed by atoms with van der Waals surface area (Å²) >= 11 is 0. The van der Waals surface area contributed by atoms with Gasteiger partial charge in [-0.1, -0.05) is 24.3 Å². The highest BCUT2D eigenvalue weighted by Crippen LogP contribution is 2.24. The molecule has 0 aliphatic rings. The Morgan fingerprint density at radius 1 is 1.10 bits per heavy atom. The van der Waals surface area contributed by atoms with Gasteiger partial charge in [0.1, 0.15) is 17.2 Å². The fraction of sp³-hybridized carbons (Fsp3) is 0.318. The lowest BCUT2D eigenvalue weighted by Crippen LogP contribution is -2.36. The number of aryl methyl sites for hydroxylation is 1. The Morgan fingerprint density at radius 3 is 2.52 bits per heavy atom. The van der Waals surface area contributed by atoms with Gasteiger partial charge < -0.3 is 20.0 Å². The molecule has 5 nitrogen and oxygen atoms in total. The third kappa shape index (κ3) is 5.93. The molecule has 0 aliphatic carbocycles. The van der Waals surface area contributed by atoms with Gasteiger partial charge in [0.2, 0.25) is 0 Å². The maximum absolute atomic E-state index is 13.9. The number of benzene rings is 2. The van der Waals surface area contributed by atoms with Crippen molar-refractivity contribution in [1.29, 1.82) is 0 Å². The molecule has 2 N–H and O–H groups in total. The zero-order valence-electron chi connectivity index (χ0n) is 17.3. The number of furan rings is 1. The second-order valence-corrected chi connectivity index (χ2v) is 7.09. The molecule has 0 unspecified atom stereocenters. The van der Waals surface area contributed by atoms with E-state index in [1.165, 1.54) is 6.07 Å². The lowest BCUT2D eigenvalue weighted by Gasteiger charge is -2.14. The highest BCUT2D eigenvalue weighted by atomic mass is 127. The third-order valence-electron chi connectivity index (χ3n) is 4.64. The van der Waals surface area contributed by atoms with Gasteiger partial charge in [0.25, 0.3) is 0 Å². The van der Waals surface area contributed by atoms with Crippen molar-refractivity contribution in [2.75, 3.05) is 21.1 Å². The van der Waals surface area contributed by atoms with Crippen LogP contribution in [0, 0.1) is 12.7 Å². The SMILES string of the molecule is CN=C(NCc1ccc(F)c(CN(C)C)c1)NCc1oc2ccccc2c1C.I. The van der Waals surface area contributed by atoms with Crippen molar-refractivity contribution in [3.05, 3.63) is 70.7 Å². The summed E-state index contributed by atoms with van der Waals surface area (Å²) in [4.78, 5) is 6.21. The van der Waals surface area contributed by atoms with E-state index in [1.807, 2.05) is 43.3 Å². The largest absolute Gasteiger partial charge is 0.459 e. The molecule has 7 heteroatoms. The zero-order chi connectivity index (χ0) is 20.1. The first kappa shape index (κ1) is 23.2. The number of nitrogens with zero attached hydrogens (tertiary/aromatic N) is 2. The van der Waals surface area contributed by atoms with Crippen molar-refractivity contribution in [3.8, 4) is 0 Å². The van der Waals surface area contributed by atoms with Crippen LogP contribution in [0.3, 0.4) is 0 Å². The molecular weight excluding hydrogens is 482 g/mol. The first-order valence-electron chi connectivity index (χ1n) is 9.31. The minimum atomic E-state index is -0.180. The molecule has 156 valence electrons. The van der Waals surface area contributed by atoms with E-state index in [0.29, 0.717) is 31.2 Å². The number of hydrogen-bond acceptors (Lipinski definition) is 3. The maximum Gasteiger partial charge on any atom is 0.191 e. The summed E-state index contributed by atoms with van der Waals surface area (Å²) in [5.74, 6) is 1.37. The number of guanidine groups is 1. The molecule has 1 aromatic heterocycles. The minimum absolute atomic E-state index is 0. The second kappa shape index (κ2) is 10.6. The standard InChI is InChI=1S/C22H27FN4O.HI/c1-15-18-7-5-6-8-20(18)28-21(15)13-26-22(24-2)25-12-16-9-10-19(23)17(11-16)14-27(3)4;/h5-11H,12-14H2,1-4H3,(H2,24,25,26);1H. The van der Waals surface area contributed by atoms with Crippen LogP contribution in [-0.4, -0.2) is 32.0 Å². The lowest BCUT2D eigenvalue weighted by atomic mass is 10.1. The summed E-state index contributed by atoms with van der Waals surface area (Å²) in [6.07, 6.45) is 0. The van der Waals surface area contributed by atoms with Gasteiger partial charge in [-0.2, -0.15) is 0 Å². The van der Waals surface area contributed by atoms with Crippen molar-refractivity contribution < 1.29 is 8.81 Å². The first-order valence-corrected chi connectivity index (χ1v) is 9.31. The zero-order valence-corrected chi connectivity index (χ0v) is 19.6. The number of rotatable bonds is 6. The van der Waals surface area contributed by atoms with Crippen LogP contribution in [0.1, 0.15) is 22.5 Å². The summed E-state index contributed by atoms with van der Waals surface area (Å²) in [7, 11) is 5.58. The van der Waals surface area contributed by atoms with E-state index in [9.17, 15) is 4.39 Å². The van der Waals surface area contributed by atoms with Crippen LogP contribution in [0.25, 0.3) is 11.0 Å². The monoisotopic (exact) mass is 510 g/mol. The van der Waals surface area contributed by atoms with Crippen LogP contribution in [-0.2, 0) is 19.6 Å². The van der Waals surface area contributed by atoms with Crippen LogP contribution in [0.15, 0.2) is 51.9 Å². The summed E-state index contributed by atoms with van der Waals surface area (Å²) in [5, 5.41) is 7.68. The van der Waals surface area contributed by atoms with Crippen molar-refractivity contribution in [3.63, 3.8) is 0 Å².